The summed E-state index contributed by atoms with van der Waals surface area (Å²) in [5.74, 6) is 0.963. The fourth-order valence-corrected chi connectivity index (χ4v) is 2.10. The maximum Gasteiger partial charge on any atom is 0.123 e. The van der Waals surface area contributed by atoms with Crippen molar-refractivity contribution in [2.75, 3.05) is 0 Å². The third-order valence-electron chi connectivity index (χ3n) is 2.97. The molecule has 13 heavy (non-hydrogen) atoms. The van der Waals surface area contributed by atoms with Gasteiger partial charge >= 0.3 is 0 Å². The summed E-state index contributed by atoms with van der Waals surface area (Å²) in [7, 11) is 0. The van der Waals surface area contributed by atoms with Crippen molar-refractivity contribution in [1.29, 1.82) is 0 Å². The van der Waals surface area contributed by atoms with E-state index in [1.807, 2.05) is 0 Å². The van der Waals surface area contributed by atoms with Crippen molar-refractivity contribution in [2.24, 2.45) is 11.8 Å². The summed E-state index contributed by atoms with van der Waals surface area (Å²) in [5, 5.41) is 0. The van der Waals surface area contributed by atoms with Gasteiger partial charge in [-0.15, -0.1) is 0 Å². The van der Waals surface area contributed by atoms with Crippen LogP contribution in [0.15, 0.2) is 11.6 Å². The lowest BCUT2D eigenvalue weighted by Gasteiger charge is -2.26. The standard InChI is InChI=1S/C12H20O/c1-10(2)7-8-11-5-3-4-6-12(11)9-13/h7,9,11-12H,3-6,8H2,1-2H3. The Labute approximate surface area is 81.2 Å². The molecule has 1 saturated carbocycles. The Morgan fingerprint density at radius 3 is 2.62 bits per heavy atom. The Kier molecular flexibility index (Phi) is 4.20. The average Bonchev–Trinajstić information content (AvgIpc) is 2.15. The van der Waals surface area contributed by atoms with Crippen LogP contribution in [0.5, 0.6) is 0 Å². The average molecular weight is 180 g/mol. The van der Waals surface area contributed by atoms with Gasteiger partial charge in [0.25, 0.3) is 0 Å². The van der Waals surface area contributed by atoms with Crippen molar-refractivity contribution in [3.8, 4) is 0 Å². The molecule has 0 heterocycles. The van der Waals surface area contributed by atoms with Crippen LogP contribution in [0, 0.1) is 11.8 Å². The van der Waals surface area contributed by atoms with E-state index in [0.29, 0.717) is 11.8 Å². The first-order chi connectivity index (χ1) is 6.24. The highest BCUT2D eigenvalue weighted by molar-refractivity contribution is 5.54. The van der Waals surface area contributed by atoms with E-state index < -0.39 is 0 Å². The van der Waals surface area contributed by atoms with E-state index in [-0.39, 0.29) is 0 Å². The van der Waals surface area contributed by atoms with E-state index in [9.17, 15) is 4.79 Å². The molecule has 0 saturated heterocycles. The molecule has 0 bridgehead atoms. The van der Waals surface area contributed by atoms with Crippen molar-refractivity contribution >= 4 is 6.29 Å². The predicted octanol–water partition coefficient (Wildman–Crippen LogP) is 3.35. The van der Waals surface area contributed by atoms with Crippen molar-refractivity contribution in [3.05, 3.63) is 11.6 Å². The number of allylic oxidation sites excluding steroid dienone is 2. The quantitative estimate of drug-likeness (QED) is 0.481. The summed E-state index contributed by atoms with van der Waals surface area (Å²) < 4.78 is 0. The number of hydrogen-bond donors (Lipinski definition) is 0. The summed E-state index contributed by atoms with van der Waals surface area (Å²) in [6.07, 6.45) is 9.46. The molecule has 1 fully saturated rings. The molecule has 0 radical (unpaired) electrons. The van der Waals surface area contributed by atoms with Crippen LogP contribution in [-0.4, -0.2) is 6.29 Å². The summed E-state index contributed by atoms with van der Waals surface area (Å²) in [6, 6.07) is 0. The summed E-state index contributed by atoms with van der Waals surface area (Å²) in [5.41, 5.74) is 1.37. The smallest absolute Gasteiger partial charge is 0.123 e. The van der Waals surface area contributed by atoms with Crippen molar-refractivity contribution in [3.63, 3.8) is 0 Å². The summed E-state index contributed by atoms with van der Waals surface area (Å²) >= 11 is 0. The number of aldehydes is 1. The Bertz CT molecular complexity index is 189. The number of hydrogen-bond acceptors (Lipinski definition) is 1. The Hall–Kier alpha value is -0.590. The van der Waals surface area contributed by atoms with Crippen molar-refractivity contribution in [1.82, 2.24) is 0 Å². The second kappa shape index (κ2) is 5.21. The maximum absolute atomic E-state index is 10.8. The maximum atomic E-state index is 10.8. The first-order valence-electron chi connectivity index (χ1n) is 5.32. The second-order valence-corrected chi connectivity index (χ2v) is 4.36. The Balaban J connectivity index is 2.45. The Morgan fingerprint density at radius 2 is 2.00 bits per heavy atom. The van der Waals surface area contributed by atoms with Gasteiger partial charge in [0.15, 0.2) is 0 Å². The minimum atomic E-state index is 0.337. The topological polar surface area (TPSA) is 17.1 Å². The molecular formula is C12H20O. The van der Waals surface area contributed by atoms with Gasteiger partial charge < -0.3 is 4.79 Å². The molecule has 0 aromatic rings. The fourth-order valence-electron chi connectivity index (χ4n) is 2.10. The highest BCUT2D eigenvalue weighted by atomic mass is 16.1. The minimum Gasteiger partial charge on any atom is -0.303 e. The molecule has 2 atom stereocenters. The lowest BCUT2D eigenvalue weighted by Crippen LogP contribution is -2.20. The van der Waals surface area contributed by atoms with Gasteiger partial charge in [0.05, 0.1) is 0 Å². The molecule has 0 N–H and O–H groups in total. The monoisotopic (exact) mass is 180 g/mol. The van der Waals surface area contributed by atoms with Gasteiger partial charge in [0.2, 0.25) is 0 Å². The largest absolute Gasteiger partial charge is 0.303 e. The van der Waals surface area contributed by atoms with E-state index >= 15 is 0 Å². The van der Waals surface area contributed by atoms with Gasteiger partial charge in [0, 0.05) is 5.92 Å². The van der Waals surface area contributed by atoms with Gasteiger partial charge in [-0.1, -0.05) is 24.5 Å². The molecule has 0 aromatic carbocycles. The molecule has 1 aliphatic carbocycles. The van der Waals surface area contributed by atoms with Crippen LogP contribution in [0.2, 0.25) is 0 Å². The van der Waals surface area contributed by atoms with E-state index in [1.165, 1.54) is 31.1 Å². The van der Waals surface area contributed by atoms with Crippen LogP contribution in [0.4, 0.5) is 0 Å². The first kappa shape index (κ1) is 10.5. The molecule has 74 valence electrons. The predicted molar refractivity (Wildman–Crippen MR) is 55.6 cm³/mol. The number of carbonyl (C=O) groups excluding carboxylic acids is 1. The van der Waals surface area contributed by atoms with Crippen LogP contribution in [-0.2, 0) is 4.79 Å². The van der Waals surface area contributed by atoms with Crippen molar-refractivity contribution < 1.29 is 4.79 Å². The third-order valence-corrected chi connectivity index (χ3v) is 2.97. The van der Waals surface area contributed by atoms with Gasteiger partial charge in [0.1, 0.15) is 6.29 Å². The van der Waals surface area contributed by atoms with Gasteiger partial charge in [-0.25, -0.2) is 0 Å². The van der Waals surface area contributed by atoms with E-state index in [0.717, 1.165) is 12.8 Å². The number of carbonyl (C=O) groups is 1. The molecule has 0 aliphatic heterocycles. The lowest BCUT2D eigenvalue weighted by atomic mass is 9.78. The molecule has 1 aliphatic rings. The van der Waals surface area contributed by atoms with E-state index in [2.05, 4.69) is 19.9 Å². The molecule has 2 unspecified atom stereocenters. The zero-order chi connectivity index (χ0) is 9.68. The zero-order valence-electron chi connectivity index (χ0n) is 8.75. The molecular weight excluding hydrogens is 160 g/mol. The summed E-state index contributed by atoms with van der Waals surface area (Å²) in [4.78, 5) is 10.8. The Morgan fingerprint density at radius 1 is 1.31 bits per heavy atom. The minimum absolute atomic E-state index is 0.337. The van der Waals surface area contributed by atoms with E-state index in [4.69, 9.17) is 0 Å². The lowest BCUT2D eigenvalue weighted by molar-refractivity contribution is -0.113. The SMILES string of the molecule is CC(C)=CCC1CCCCC1C=O. The molecule has 1 rings (SSSR count). The highest BCUT2D eigenvalue weighted by Gasteiger charge is 2.23. The van der Waals surface area contributed by atoms with E-state index in [1.54, 1.807) is 0 Å². The van der Waals surface area contributed by atoms with Crippen LogP contribution in [0.1, 0.15) is 46.0 Å². The van der Waals surface area contributed by atoms with Crippen LogP contribution in [0.3, 0.4) is 0 Å². The normalized spacial score (nSPS) is 28.2. The fraction of sp³-hybridized carbons (Fsp3) is 0.750. The first-order valence-corrected chi connectivity index (χ1v) is 5.32. The molecule has 1 heteroatoms. The molecule has 0 spiro atoms. The summed E-state index contributed by atoms with van der Waals surface area (Å²) in [6.45, 7) is 4.25. The zero-order valence-corrected chi connectivity index (χ0v) is 8.75. The van der Waals surface area contributed by atoms with Crippen LogP contribution >= 0.6 is 0 Å². The van der Waals surface area contributed by atoms with Crippen LogP contribution in [0.25, 0.3) is 0 Å². The van der Waals surface area contributed by atoms with Crippen molar-refractivity contribution in [2.45, 2.75) is 46.0 Å². The van der Waals surface area contributed by atoms with Gasteiger partial charge in [-0.3, -0.25) is 0 Å². The molecule has 0 aromatic heterocycles. The second-order valence-electron chi connectivity index (χ2n) is 4.36. The highest BCUT2D eigenvalue weighted by Crippen LogP contribution is 2.31. The molecule has 0 amide bonds. The van der Waals surface area contributed by atoms with Gasteiger partial charge in [-0.2, -0.15) is 0 Å². The molecule has 1 nitrogen and oxygen atoms in total. The van der Waals surface area contributed by atoms with Crippen LogP contribution < -0.4 is 0 Å². The van der Waals surface area contributed by atoms with Gasteiger partial charge in [-0.05, 0) is 39.0 Å². The number of rotatable bonds is 3. The third kappa shape index (κ3) is 3.33.